The van der Waals surface area contributed by atoms with Crippen LogP contribution in [-0.4, -0.2) is 26.2 Å². The van der Waals surface area contributed by atoms with Crippen LogP contribution >= 0.6 is 0 Å². The van der Waals surface area contributed by atoms with Crippen molar-refractivity contribution >= 4 is 6.21 Å². The molecule has 2 aromatic rings. The molecule has 0 spiro atoms. The van der Waals surface area contributed by atoms with Crippen LogP contribution in [0.25, 0.3) is 0 Å². The smallest absolute Gasteiger partial charge is 0.141 e. The van der Waals surface area contributed by atoms with Gasteiger partial charge >= 0.3 is 0 Å². The zero-order valence-electron chi connectivity index (χ0n) is 9.12. The summed E-state index contributed by atoms with van der Waals surface area (Å²) in [6.45, 7) is 3.78. The molecular formula is C11H12N4O. The Balaban J connectivity index is 2.31. The maximum absolute atomic E-state index is 9.51. The summed E-state index contributed by atoms with van der Waals surface area (Å²) >= 11 is 0. The van der Waals surface area contributed by atoms with Crippen LogP contribution in [0, 0.1) is 13.8 Å². The van der Waals surface area contributed by atoms with E-state index in [1.54, 1.807) is 12.3 Å². The van der Waals surface area contributed by atoms with Gasteiger partial charge in [-0.05, 0) is 42.7 Å². The molecule has 1 heterocycles. The summed E-state index contributed by atoms with van der Waals surface area (Å²) in [5.41, 5.74) is 2.76. The van der Waals surface area contributed by atoms with E-state index in [0.29, 0.717) is 5.75 Å². The van der Waals surface area contributed by atoms with Gasteiger partial charge in [-0.1, -0.05) is 0 Å². The number of benzene rings is 1. The molecule has 0 radical (unpaired) electrons. The number of phenolic OH excluding ortho intramolecular Hbond substituents is 1. The Morgan fingerprint density at radius 3 is 2.56 bits per heavy atom. The van der Waals surface area contributed by atoms with Gasteiger partial charge in [0, 0.05) is 0 Å². The average Bonchev–Trinajstić information content (AvgIpc) is 2.74. The van der Waals surface area contributed by atoms with Gasteiger partial charge in [-0.25, -0.2) is 4.68 Å². The maximum Gasteiger partial charge on any atom is 0.141 e. The number of hydrogen-bond acceptors (Lipinski definition) is 4. The fraction of sp³-hybridized carbons (Fsp3) is 0.182. The molecule has 0 atom stereocenters. The van der Waals surface area contributed by atoms with E-state index in [1.807, 2.05) is 19.9 Å². The number of phenols is 1. The van der Waals surface area contributed by atoms with Crippen molar-refractivity contribution < 1.29 is 5.11 Å². The summed E-state index contributed by atoms with van der Waals surface area (Å²) in [5.74, 6) is 0.305. The lowest BCUT2D eigenvalue weighted by Crippen LogP contribution is -1.92. The van der Waals surface area contributed by atoms with Gasteiger partial charge in [0.15, 0.2) is 0 Å². The molecule has 0 amide bonds. The van der Waals surface area contributed by atoms with Crippen molar-refractivity contribution in [2.24, 2.45) is 5.10 Å². The van der Waals surface area contributed by atoms with Crippen LogP contribution in [-0.2, 0) is 0 Å². The van der Waals surface area contributed by atoms with Gasteiger partial charge in [0.1, 0.15) is 18.4 Å². The summed E-state index contributed by atoms with van der Waals surface area (Å²) in [4.78, 5) is 0. The van der Waals surface area contributed by atoms with Gasteiger partial charge in [-0.15, -0.1) is 10.2 Å². The van der Waals surface area contributed by atoms with Crippen LogP contribution < -0.4 is 0 Å². The Morgan fingerprint density at radius 2 is 1.88 bits per heavy atom. The summed E-state index contributed by atoms with van der Waals surface area (Å²) in [7, 11) is 0. The molecule has 0 bridgehead atoms. The molecule has 1 aromatic heterocycles. The van der Waals surface area contributed by atoms with E-state index in [9.17, 15) is 5.11 Å². The van der Waals surface area contributed by atoms with Gasteiger partial charge in [-0.3, -0.25) is 0 Å². The van der Waals surface area contributed by atoms with E-state index >= 15 is 0 Å². The Bertz CT molecular complexity index is 517. The molecule has 0 unspecified atom stereocenters. The van der Waals surface area contributed by atoms with Gasteiger partial charge in [0.25, 0.3) is 0 Å². The van der Waals surface area contributed by atoms with Crippen LogP contribution in [0.2, 0.25) is 0 Å². The minimum absolute atomic E-state index is 0.305. The first-order valence-electron chi connectivity index (χ1n) is 4.86. The van der Waals surface area contributed by atoms with E-state index in [2.05, 4.69) is 15.3 Å². The van der Waals surface area contributed by atoms with Gasteiger partial charge in [0.05, 0.1) is 6.21 Å². The second-order valence-corrected chi connectivity index (χ2v) is 3.58. The van der Waals surface area contributed by atoms with Crippen molar-refractivity contribution in [2.75, 3.05) is 0 Å². The van der Waals surface area contributed by atoms with Crippen LogP contribution in [0.15, 0.2) is 29.9 Å². The number of aromatic hydroxyl groups is 1. The van der Waals surface area contributed by atoms with Crippen molar-refractivity contribution in [3.8, 4) is 5.75 Å². The lowest BCUT2D eigenvalue weighted by Gasteiger charge is -2.04. The third kappa shape index (κ3) is 2.08. The Kier molecular flexibility index (Phi) is 2.68. The van der Waals surface area contributed by atoms with Crippen LogP contribution in [0.3, 0.4) is 0 Å². The van der Waals surface area contributed by atoms with E-state index in [-0.39, 0.29) is 0 Å². The molecule has 0 saturated heterocycles. The van der Waals surface area contributed by atoms with E-state index < -0.39 is 0 Å². The zero-order chi connectivity index (χ0) is 11.5. The zero-order valence-corrected chi connectivity index (χ0v) is 9.12. The normalized spacial score (nSPS) is 11.1. The number of aryl methyl sites for hydroxylation is 2. The maximum atomic E-state index is 9.51. The SMILES string of the molecule is Cc1cc(/C=N/n2cnnc2)c(C)cc1O. The first-order chi connectivity index (χ1) is 7.66. The predicted molar refractivity (Wildman–Crippen MR) is 60.6 cm³/mol. The molecule has 1 aromatic carbocycles. The Hall–Kier alpha value is -2.17. The molecule has 16 heavy (non-hydrogen) atoms. The molecule has 5 heteroatoms. The van der Waals surface area contributed by atoms with E-state index in [4.69, 9.17) is 0 Å². The molecule has 0 aliphatic carbocycles. The first-order valence-corrected chi connectivity index (χ1v) is 4.86. The summed E-state index contributed by atoms with van der Waals surface area (Å²) in [6.07, 6.45) is 4.74. The lowest BCUT2D eigenvalue weighted by atomic mass is 10.1. The highest BCUT2D eigenvalue weighted by Gasteiger charge is 2.01. The second-order valence-electron chi connectivity index (χ2n) is 3.58. The molecule has 0 fully saturated rings. The molecule has 2 rings (SSSR count). The van der Waals surface area contributed by atoms with Crippen molar-refractivity contribution in [3.05, 3.63) is 41.5 Å². The average molecular weight is 216 g/mol. The van der Waals surface area contributed by atoms with Crippen molar-refractivity contribution in [1.82, 2.24) is 14.9 Å². The second kappa shape index (κ2) is 4.14. The molecule has 1 N–H and O–H groups in total. The van der Waals surface area contributed by atoms with Crippen LogP contribution in [0.4, 0.5) is 0 Å². The third-order valence-corrected chi connectivity index (χ3v) is 2.32. The Morgan fingerprint density at radius 1 is 1.19 bits per heavy atom. The fourth-order valence-electron chi connectivity index (χ4n) is 1.35. The minimum atomic E-state index is 0.305. The molecule has 82 valence electrons. The summed E-state index contributed by atoms with van der Waals surface area (Å²) < 4.78 is 1.52. The highest BCUT2D eigenvalue weighted by atomic mass is 16.3. The minimum Gasteiger partial charge on any atom is -0.508 e. The molecule has 5 nitrogen and oxygen atoms in total. The van der Waals surface area contributed by atoms with Crippen molar-refractivity contribution in [3.63, 3.8) is 0 Å². The van der Waals surface area contributed by atoms with Crippen LogP contribution in [0.5, 0.6) is 5.75 Å². The molecule has 0 aliphatic rings. The van der Waals surface area contributed by atoms with Crippen LogP contribution in [0.1, 0.15) is 16.7 Å². The summed E-state index contributed by atoms with van der Waals surface area (Å²) in [6, 6.07) is 3.61. The molecular weight excluding hydrogens is 204 g/mol. The molecule has 0 saturated carbocycles. The molecule has 0 aliphatic heterocycles. The monoisotopic (exact) mass is 216 g/mol. The standard InChI is InChI=1S/C11H12N4O/c1-8-4-11(16)9(2)3-10(8)5-14-15-6-12-13-7-15/h3-7,16H,1-2H3/b14-5+. The van der Waals surface area contributed by atoms with Crippen molar-refractivity contribution in [2.45, 2.75) is 13.8 Å². The quantitative estimate of drug-likeness (QED) is 0.773. The lowest BCUT2D eigenvalue weighted by molar-refractivity contribution is 0.470. The Labute approximate surface area is 93.1 Å². The topological polar surface area (TPSA) is 63.3 Å². The number of hydrogen-bond donors (Lipinski definition) is 1. The fourth-order valence-corrected chi connectivity index (χ4v) is 1.35. The van der Waals surface area contributed by atoms with Gasteiger partial charge in [-0.2, -0.15) is 5.10 Å². The summed E-state index contributed by atoms with van der Waals surface area (Å²) in [5, 5.41) is 21.0. The number of aromatic nitrogens is 3. The first kappa shape index (κ1) is 10.4. The van der Waals surface area contributed by atoms with Gasteiger partial charge < -0.3 is 5.11 Å². The highest BCUT2D eigenvalue weighted by molar-refractivity contribution is 5.82. The highest BCUT2D eigenvalue weighted by Crippen LogP contribution is 2.20. The number of nitrogens with zero attached hydrogens (tertiary/aromatic N) is 4. The van der Waals surface area contributed by atoms with E-state index in [0.717, 1.165) is 16.7 Å². The largest absolute Gasteiger partial charge is 0.508 e. The third-order valence-electron chi connectivity index (χ3n) is 2.32. The number of rotatable bonds is 2. The van der Waals surface area contributed by atoms with Gasteiger partial charge in [0.2, 0.25) is 0 Å². The predicted octanol–water partition coefficient (Wildman–Crippen LogP) is 1.48. The van der Waals surface area contributed by atoms with E-state index in [1.165, 1.54) is 17.3 Å². The van der Waals surface area contributed by atoms with Crippen molar-refractivity contribution in [1.29, 1.82) is 0 Å².